The molecule has 2 heterocycles. The van der Waals surface area contributed by atoms with Gasteiger partial charge in [0, 0.05) is 17.1 Å². The van der Waals surface area contributed by atoms with Crippen molar-refractivity contribution in [1.82, 2.24) is 4.90 Å². The van der Waals surface area contributed by atoms with Crippen molar-refractivity contribution in [3.63, 3.8) is 0 Å². The van der Waals surface area contributed by atoms with E-state index in [1.807, 2.05) is 24.3 Å². The fourth-order valence-corrected chi connectivity index (χ4v) is 4.03. The minimum atomic E-state index is -0.169. The predicted molar refractivity (Wildman–Crippen MR) is 83.3 cm³/mol. The molecule has 2 fully saturated rings. The molecule has 4 atom stereocenters. The van der Waals surface area contributed by atoms with Gasteiger partial charge in [0.15, 0.2) is 0 Å². The lowest BCUT2D eigenvalue weighted by Gasteiger charge is -2.41. The van der Waals surface area contributed by atoms with E-state index in [1.165, 1.54) is 12.0 Å². The Morgan fingerprint density at radius 1 is 1.30 bits per heavy atom. The molecule has 1 aromatic rings. The highest BCUT2D eigenvalue weighted by molar-refractivity contribution is 6.30. The lowest BCUT2D eigenvalue weighted by molar-refractivity contribution is -0.126. The third kappa shape index (κ3) is 2.54. The summed E-state index contributed by atoms with van der Waals surface area (Å²) in [6.07, 6.45) is 3.27. The lowest BCUT2D eigenvalue weighted by atomic mass is 9.76. The molecule has 0 aliphatic carbocycles. The van der Waals surface area contributed by atoms with Crippen LogP contribution in [-0.4, -0.2) is 29.9 Å². The van der Waals surface area contributed by atoms with Crippen LogP contribution >= 0.6 is 24.0 Å². The topological polar surface area (TPSA) is 46.3 Å². The van der Waals surface area contributed by atoms with Gasteiger partial charge in [-0.1, -0.05) is 23.7 Å². The van der Waals surface area contributed by atoms with Crippen molar-refractivity contribution < 1.29 is 4.79 Å². The van der Waals surface area contributed by atoms with Crippen LogP contribution in [0.25, 0.3) is 0 Å². The maximum Gasteiger partial charge on any atom is 0.222 e. The number of nitrogens with two attached hydrogens (primary N) is 1. The quantitative estimate of drug-likeness (QED) is 0.912. The standard InChI is InChI=1S/C15H19ClN2O.ClH/c1-18-11-6-7-13(18)14(15(17)19)12(8-11)9-2-4-10(16)5-3-9;/h2-5,11-14H,6-8H2,1H3,(H2,17,19);1H. The van der Waals surface area contributed by atoms with Gasteiger partial charge in [0.05, 0.1) is 5.92 Å². The Hall–Kier alpha value is -0.770. The van der Waals surface area contributed by atoms with Crippen molar-refractivity contribution in [2.75, 3.05) is 7.05 Å². The summed E-state index contributed by atoms with van der Waals surface area (Å²) in [6.45, 7) is 0. The number of piperidine rings is 1. The molecule has 0 aromatic heterocycles. The first kappa shape index (κ1) is 15.6. The van der Waals surface area contributed by atoms with Crippen molar-refractivity contribution >= 4 is 29.9 Å². The smallest absolute Gasteiger partial charge is 0.222 e. The summed E-state index contributed by atoms with van der Waals surface area (Å²) in [6, 6.07) is 8.75. The highest BCUT2D eigenvalue weighted by Crippen LogP contribution is 2.46. The van der Waals surface area contributed by atoms with Crippen LogP contribution in [0.4, 0.5) is 0 Å². The third-order valence-corrected chi connectivity index (χ3v) is 5.15. The molecule has 3 rings (SSSR count). The second-order valence-electron chi connectivity index (χ2n) is 5.79. The largest absolute Gasteiger partial charge is 0.369 e. The Balaban J connectivity index is 0.00000147. The number of hydrogen-bond donors (Lipinski definition) is 1. The summed E-state index contributed by atoms with van der Waals surface area (Å²) in [5.41, 5.74) is 6.87. The van der Waals surface area contributed by atoms with Gasteiger partial charge < -0.3 is 5.73 Å². The Morgan fingerprint density at radius 2 is 1.95 bits per heavy atom. The number of carbonyl (C=O) groups excluding carboxylic acids is 1. The molecule has 0 spiro atoms. The second-order valence-corrected chi connectivity index (χ2v) is 6.22. The molecule has 2 bridgehead atoms. The maximum atomic E-state index is 11.9. The minimum absolute atomic E-state index is 0. The molecule has 110 valence electrons. The van der Waals surface area contributed by atoms with Gasteiger partial charge in [-0.3, -0.25) is 9.69 Å². The average molecular weight is 315 g/mol. The average Bonchev–Trinajstić information content (AvgIpc) is 2.63. The number of amides is 1. The number of hydrogen-bond acceptors (Lipinski definition) is 2. The first-order valence-corrected chi connectivity index (χ1v) is 7.22. The lowest BCUT2D eigenvalue weighted by Crippen LogP contribution is -2.50. The summed E-state index contributed by atoms with van der Waals surface area (Å²) >= 11 is 5.94. The summed E-state index contributed by atoms with van der Waals surface area (Å²) in [4.78, 5) is 14.3. The van der Waals surface area contributed by atoms with Crippen molar-refractivity contribution in [2.24, 2.45) is 11.7 Å². The number of primary amides is 1. The zero-order valence-corrected chi connectivity index (χ0v) is 13.0. The molecule has 2 saturated heterocycles. The van der Waals surface area contributed by atoms with E-state index in [1.54, 1.807) is 0 Å². The second kappa shape index (κ2) is 5.92. The monoisotopic (exact) mass is 314 g/mol. The highest BCUT2D eigenvalue weighted by Gasteiger charge is 2.48. The molecule has 2 aliphatic heterocycles. The van der Waals surface area contributed by atoms with Crippen LogP contribution in [0.2, 0.25) is 5.02 Å². The summed E-state index contributed by atoms with van der Waals surface area (Å²) in [7, 11) is 2.12. The molecule has 1 aromatic carbocycles. The van der Waals surface area contributed by atoms with E-state index in [2.05, 4.69) is 11.9 Å². The Morgan fingerprint density at radius 3 is 2.55 bits per heavy atom. The Bertz CT molecular complexity index is 491. The molecule has 2 N–H and O–H groups in total. The molecule has 5 heteroatoms. The normalized spacial score (nSPS) is 32.7. The van der Waals surface area contributed by atoms with Crippen LogP contribution in [0.3, 0.4) is 0 Å². The van der Waals surface area contributed by atoms with Crippen molar-refractivity contribution in [3.05, 3.63) is 34.9 Å². The molecule has 0 radical (unpaired) electrons. The van der Waals surface area contributed by atoms with Crippen molar-refractivity contribution in [1.29, 1.82) is 0 Å². The van der Waals surface area contributed by atoms with Gasteiger partial charge in [-0.25, -0.2) is 0 Å². The molecule has 20 heavy (non-hydrogen) atoms. The fourth-order valence-electron chi connectivity index (χ4n) is 3.91. The van der Waals surface area contributed by atoms with E-state index in [0.29, 0.717) is 12.1 Å². The summed E-state index contributed by atoms with van der Waals surface area (Å²) in [5, 5.41) is 0.732. The Labute approximate surface area is 130 Å². The zero-order valence-electron chi connectivity index (χ0n) is 11.5. The van der Waals surface area contributed by atoms with Gasteiger partial charge in [-0.05, 0) is 49.9 Å². The molecule has 1 amide bonds. The van der Waals surface area contributed by atoms with Gasteiger partial charge in [-0.2, -0.15) is 0 Å². The number of benzene rings is 1. The molecular formula is C15H20Cl2N2O. The van der Waals surface area contributed by atoms with Gasteiger partial charge in [0.25, 0.3) is 0 Å². The first-order valence-electron chi connectivity index (χ1n) is 6.84. The van der Waals surface area contributed by atoms with E-state index >= 15 is 0 Å². The zero-order chi connectivity index (χ0) is 13.6. The number of carbonyl (C=O) groups is 1. The van der Waals surface area contributed by atoms with Crippen LogP contribution in [0.5, 0.6) is 0 Å². The van der Waals surface area contributed by atoms with Crippen LogP contribution in [0.15, 0.2) is 24.3 Å². The number of fused-ring (bicyclic) bond motifs is 2. The van der Waals surface area contributed by atoms with Crippen molar-refractivity contribution in [2.45, 2.75) is 37.3 Å². The van der Waals surface area contributed by atoms with Crippen LogP contribution in [-0.2, 0) is 4.79 Å². The molecule has 4 unspecified atom stereocenters. The molecule has 2 aliphatic rings. The third-order valence-electron chi connectivity index (χ3n) is 4.90. The first-order chi connectivity index (χ1) is 9.08. The van der Waals surface area contributed by atoms with Gasteiger partial charge in [-0.15, -0.1) is 12.4 Å². The van der Waals surface area contributed by atoms with E-state index in [0.717, 1.165) is 17.9 Å². The van der Waals surface area contributed by atoms with Gasteiger partial charge in [0.2, 0.25) is 5.91 Å². The van der Waals surface area contributed by atoms with Crippen LogP contribution < -0.4 is 5.73 Å². The van der Waals surface area contributed by atoms with E-state index in [9.17, 15) is 4.79 Å². The summed E-state index contributed by atoms with van der Waals surface area (Å²) < 4.78 is 0. The van der Waals surface area contributed by atoms with Crippen LogP contribution in [0, 0.1) is 5.92 Å². The highest BCUT2D eigenvalue weighted by atomic mass is 35.5. The van der Waals surface area contributed by atoms with Crippen LogP contribution in [0.1, 0.15) is 30.7 Å². The Kier molecular flexibility index (Phi) is 4.62. The van der Waals surface area contributed by atoms with E-state index < -0.39 is 0 Å². The molecular weight excluding hydrogens is 295 g/mol. The van der Waals surface area contributed by atoms with E-state index in [-0.39, 0.29) is 30.2 Å². The number of halogens is 2. The molecule has 3 nitrogen and oxygen atoms in total. The SMILES string of the molecule is CN1C2CCC1C(C(N)=O)C(c1ccc(Cl)cc1)C2.Cl. The minimum Gasteiger partial charge on any atom is -0.369 e. The van der Waals surface area contributed by atoms with Gasteiger partial charge in [0.1, 0.15) is 0 Å². The number of nitrogens with zero attached hydrogens (tertiary/aromatic N) is 1. The number of rotatable bonds is 2. The summed E-state index contributed by atoms with van der Waals surface area (Å²) in [5.74, 6) is -0.00876. The van der Waals surface area contributed by atoms with Gasteiger partial charge >= 0.3 is 0 Å². The van der Waals surface area contributed by atoms with Crippen molar-refractivity contribution in [3.8, 4) is 0 Å². The molecule has 0 saturated carbocycles. The predicted octanol–water partition coefficient (Wildman–Crippen LogP) is 2.81. The maximum absolute atomic E-state index is 11.9. The fraction of sp³-hybridized carbons (Fsp3) is 0.533. The van der Waals surface area contributed by atoms with E-state index in [4.69, 9.17) is 17.3 Å².